The first-order chi connectivity index (χ1) is 6.84. The van der Waals surface area contributed by atoms with Gasteiger partial charge in [-0.3, -0.25) is 5.41 Å². The average Bonchev–Trinajstić information content (AvgIpc) is 2.25. The normalized spacial score (nSPS) is 9.79. The van der Waals surface area contributed by atoms with E-state index in [1.165, 1.54) is 6.42 Å². The molecule has 0 unspecified atom stereocenters. The second-order valence-corrected chi connectivity index (χ2v) is 3.17. The molecular weight excluding hydrogens is 174 g/mol. The molecule has 1 aromatic rings. The third-order valence-electron chi connectivity index (χ3n) is 1.97. The topological polar surface area (TPSA) is 33.1 Å². The lowest BCUT2D eigenvalue weighted by atomic mass is 10.2. The Labute approximate surface area is 85.4 Å². The van der Waals surface area contributed by atoms with Crippen molar-refractivity contribution in [2.24, 2.45) is 0 Å². The van der Waals surface area contributed by atoms with Gasteiger partial charge in [-0.2, -0.15) is 0 Å². The Hall–Kier alpha value is -1.31. The highest BCUT2D eigenvalue weighted by atomic mass is 16.5. The molecule has 0 amide bonds. The third-order valence-corrected chi connectivity index (χ3v) is 1.97. The van der Waals surface area contributed by atoms with Crippen LogP contribution >= 0.6 is 0 Å². The van der Waals surface area contributed by atoms with Crippen molar-refractivity contribution in [2.45, 2.75) is 26.2 Å². The standard InChI is InChI=1S/C12H16NO/c1-2-3-7-10-14-12(13)11-8-5-4-6-9-11/h5-6,8-9,13H,2-3,7,10H2,1H3. The van der Waals surface area contributed by atoms with Gasteiger partial charge in [-0.15, -0.1) is 0 Å². The maximum atomic E-state index is 7.63. The van der Waals surface area contributed by atoms with Crippen LogP contribution in [0.2, 0.25) is 0 Å². The lowest BCUT2D eigenvalue weighted by Gasteiger charge is -2.06. The molecule has 0 bridgehead atoms. The molecule has 75 valence electrons. The number of hydrogen-bond donors (Lipinski definition) is 1. The first-order valence-corrected chi connectivity index (χ1v) is 5.02. The molecule has 1 aromatic carbocycles. The smallest absolute Gasteiger partial charge is 0.213 e. The van der Waals surface area contributed by atoms with E-state index in [1.54, 1.807) is 12.1 Å². The number of benzene rings is 1. The van der Waals surface area contributed by atoms with E-state index >= 15 is 0 Å². The minimum atomic E-state index is 0.259. The van der Waals surface area contributed by atoms with Gasteiger partial charge in [-0.1, -0.05) is 31.9 Å². The van der Waals surface area contributed by atoms with Crippen LogP contribution in [0.3, 0.4) is 0 Å². The van der Waals surface area contributed by atoms with Crippen molar-refractivity contribution in [3.05, 3.63) is 35.9 Å². The van der Waals surface area contributed by atoms with E-state index in [-0.39, 0.29) is 5.90 Å². The van der Waals surface area contributed by atoms with Gasteiger partial charge in [0.1, 0.15) is 0 Å². The van der Waals surface area contributed by atoms with Gasteiger partial charge in [0.05, 0.1) is 6.61 Å². The molecule has 0 heterocycles. The molecule has 0 aromatic heterocycles. The van der Waals surface area contributed by atoms with Crippen molar-refractivity contribution in [1.82, 2.24) is 0 Å². The van der Waals surface area contributed by atoms with Crippen LogP contribution in [0.15, 0.2) is 24.3 Å². The highest BCUT2D eigenvalue weighted by Crippen LogP contribution is 2.02. The minimum absolute atomic E-state index is 0.259. The lowest BCUT2D eigenvalue weighted by Crippen LogP contribution is -2.06. The molecule has 0 fully saturated rings. The van der Waals surface area contributed by atoms with Crippen LogP contribution in [-0.4, -0.2) is 12.5 Å². The largest absolute Gasteiger partial charge is 0.478 e. The Bertz CT molecular complexity index is 269. The van der Waals surface area contributed by atoms with Crippen molar-refractivity contribution >= 4 is 5.90 Å². The second kappa shape index (κ2) is 6.19. The van der Waals surface area contributed by atoms with E-state index in [9.17, 15) is 0 Å². The van der Waals surface area contributed by atoms with Gasteiger partial charge < -0.3 is 4.74 Å². The number of hydrogen-bond acceptors (Lipinski definition) is 2. The van der Waals surface area contributed by atoms with Crippen molar-refractivity contribution < 1.29 is 4.74 Å². The van der Waals surface area contributed by atoms with E-state index < -0.39 is 0 Å². The first kappa shape index (κ1) is 10.8. The maximum Gasteiger partial charge on any atom is 0.213 e. The van der Waals surface area contributed by atoms with Gasteiger partial charge in [-0.05, 0) is 24.6 Å². The van der Waals surface area contributed by atoms with Gasteiger partial charge in [0.25, 0.3) is 0 Å². The average molecular weight is 190 g/mol. The molecule has 2 nitrogen and oxygen atoms in total. The fourth-order valence-electron chi connectivity index (χ4n) is 1.15. The van der Waals surface area contributed by atoms with E-state index in [0.717, 1.165) is 18.4 Å². The molecule has 0 saturated heterocycles. The van der Waals surface area contributed by atoms with Crippen LogP contribution in [0.5, 0.6) is 0 Å². The van der Waals surface area contributed by atoms with Gasteiger partial charge >= 0.3 is 0 Å². The number of ether oxygens (including phenoxy) is 1. The van der Waals surface area contributed by atoms with Crippen LogP contribution in [0.25, 0.3) is 0 Å². The van der Waals surface area contributed by atoms with Gasteiger partial charge in [0.15, 0.2) is 0 Å². The van der Waals surface area contributed by atoms with Crippen LogP contribution in [0.1, 0.15) is 31.7 Å². The van der Waals surface area contributed by atoms with E-state index in [4.69, 9.17) is 10.1 Å². The quantitative estimate of drug-likeness (QED) is 0.432. The zero-order valence-corrected chi connectivity index (χ0v) is 8.55. The summed E-state index contributed by atoms with van der Waals surface area (Å²) >= 11 is 0. The van der Waals surface area contributed by atoms with Crippen molar-refractivity contribution in [1.29, 1.82) is 5.41 Å². The zero-order chi connectivity index (χ0) is 10.2. The fraction of sp³-hybridized carbons (Fsp3) is 0.417. The highest BCUT2D eigenvalue weighted by molar-refractivity contribution is 5.91. The minimum Gasteiger partial charge on any atom is -0.478 e. The molecule has 0 atom stereocenters. The summed E-state index contributed by atoms with van der Waals surface area (Å²) in [6.45, 7) is 2.80. The third kappa shape index (κ3) is 3.60. The highest BCUT2D eigenvalue weighted by Gasteiger charge is 1.99. The zero-order valence-electron chi connectivity index (χ0n) is 8.55. The fourth-order valence-corrected chi connectivity index (χ4v) is 1.15. The van der Waals surface area contributed by atoms with Crippen LogP contribution < -0.4 is 0 Å². The molecule has 0 aliphatic carbocycles. The molecule has 1 rings (SSSR count). The Morgan fingerprint density at radius 2 is 2.07 bits per heavy atom. The van der Waals surface area contributed by atoms with E-state index in [0.29, 0.717) is 6.61 Å². The molecular formula is C12H16NO. The maximum absolute atomic E-state index is 7.63. The predicted molar refractivity (Wildman–Crippen MR) is 57.6 cm³/mol. The molecule has 0 aliphatic rings. The summed E-state index contributed by atoms with van der Waals surface area (Å²) in [5.41, 5.74) is 0.820. The Kier molecular flexibility index (Phi) is 4.76. The van der Waals surface area contributed by atoms with E-state index in [1.807, 2.05) is 12.1 Å². The van der Waals surface area contributed by atoms with Gasteiger partial charge in [0.2, 0.25) is 5.90 Å². The molecule has 0 spiro atoms. The number of rotatable bonds is 5. The van der Waals surface area contributed by atoms with Crippen LogP contribution in [-0.2, 0) is 4.74 Å². The number of nitrogens with one attached hydrogen (secondary N) is 1. The van der Waals surface area contributed by atoms with Gasteiger partial charge in [-0.25, -0.2) is 0 Å². The summed E-state index contributed by atoms with van der Waals surface area (Å²) in [4.78, 5) is 0. The summed E-state index contributed by atoms with van der Waals surface area (Å²) in [6, 6.07) is 10.2. The molecule has 14 heavy (non-hydrogen) atoms. The molecule has 1 N–H and O–H groups in total. The summed E-state index contributed by atoms with van der Waals surface area (Å²) in [6.07, 6.45) is 3.37. The van der Waals surface area contributed by atoms with Crippen LogP contribution in [0.4, 0.5) is 0 Å². The first-order valence-electron chi connectivity index (χ1n) is 5.02. The lowest BCUT2D eigenvalue weighted by molar-refractivity contribution is 0.292. The monoisotopic (exact) mass is 190 g/mol. The van der Waals surface area contributed by atoms with Crippen molar-refractivity contribution in [3.8, 4) is 0 Å². The van der Waals surface area contributed by atoms with E-state index in [2.05, 4.69) is 13.0 Å². The number of unbranched alkanes of at least 4 members (excludes halogenated alkanes) is 2. The summed E-state index contributed by atoms with van der Waals surface area (Å²) in [5.74, 6) is 0.259. The summed E-state index contributed by atoms with van der Waals surface area (Å²) < 4.78 is 5.30. The summed E-state index contributed by atoms with van der Waals surface area (Å²) in [5, 5.41) is 7.63. The molecule has 1 radical (unpaired) electrons. The Morgan fingerprint density at radius 3 is 2.71 bits per heavy atom. The second-order valence-electron chi connectivity index (χ2n) is 3.17. The SMILES string of the molecule is CCCCCOC(=N)c1cc[c]cc1. The molecule has 0 saturated carbocycles. The summed E-state index contributed by atoms with van der Waals surface area (Å²) in [7, 11) is 0. The van der Waals surface area contributed by atoms with Crippen molar-refractivity contribution in [2.75, 3.05) is 6.61 Å². The Balaban J connectivity index is 2.29. The molecule has 0 aliphatic heterocycles. The van der Waals surface area contributed by atoms with Gasteiger partial charge in [0, 0.05) is 5.56 Å². The Morgan fingerprint density at radius 1 is 1.36 bits per heavy atom. The molecule has 2 heteroatoms. The van der Waals surface area contributed by atoms with Crippen LogP contribution in [0, 0.1) is 11.5 Å². The predicted octanol–water partition coefficient (Wildman–Crippen LogP) is 3.02. The van der Waals surface area contributed by atoms with Crippen molar-refractivity contribution in [3.63, 3.8) is 0 Å².